The molecule has 1 aromatic carbocycles. The molecule has 4 aromatic rings. The molecule has 1 fully saturated rings. The Morgan fingerprint density at radius 1 is 1.03 bits per heavy atom. The van der Waals surface area contributed by atoms with Crippen molar-refractivity contribution in [3.63, 3.8) is 0 Å². The maximum atomic E-state index is 5.98. The van der Waals surface area contributed by atoms with Gasteiger partial charge in [-0.15, -0.1) is 31.7 Å². The molecule has 3 heterocycles. The van der Waals surface area contributed by atoms with Gasteiger partial charge in [0.2, 0.25) is 11.8 Å². The van der Waals surface area contributed by atoms with Crippen LogP contribution in [0.25, 0.3) is 11.5 Å². The molecular weight excluding hydrogens is 426 g/mol. The molecule has 1 saturated carbocycles. The van der Waals surface area contributed by atoms with Gasteiger partial charge in [-0.25, -0.2) is 0 Å². The Bertz CT molecular complexity index is 1100. The topological polar surface area (TPSA) is 69.6 Å². The van der Waals surface area contributed by atoms with Gasteiger partial charge in [0.05, 0.1) is 5.25 Å². The molecule has 1 aliphatic rings. The number of rotatable bonds is 7. The molecule has 0 saturated heterocycles. The van der Waals surface area contributed by atoms with Crippen molar-refractivity contribution < 1.29 is 4.42 Å². The fraction of sp³-hybridized carbons (Fsp3) is 0.391. The molecule has 160 valence electrons. The van der Waals surface area contributed by atoms with Crippen molar-refractivity contribution in [2.45, 2.75) is 61.9 Å². The van der Waals surface area contributed by atoms with Crippen LogP contribution in [0.5, 0.6) is 0 Å². The van der Waals surface area contributed by atoms with Crippen LogP contribution >= 0.6 is 23.1 Å². The number of hydrogen-bond donors (Lipinski definition) is 0. The summed E-state index contributed by atoms with van der Waals surface area (Å²) in [6.45, 7) is 2.09. The van der Waals surface area contributed by atoms with Crippen molar-refractivity contribution >= 4 is 23.1 Å². The van der Waals surface area contributed by atoms with Crippen LogP contribution in [0.1, 0.15) is 66.9 Å². The lowest BCUT2D eigenvalue weighted by atomic mass is 9.95. The SMILES string of the molecule is C[C@@H](Sc1nnc(Cc2cccs2)n1C1CCCCC1)c1nnc(-c2ccccc2)o1. The highest BCUT2D eigenvalue weighted by atomic mass is 32.2. The van der Waals surface area contributed by atoms with Crippen molar-refractivity contribution in [3.8, 4) is 11.5 Å². The summed E-state index contributed by atoms with van der Waals surface area (Å²) in [4.78, 5) is 1.32. The zero-order valence-electron chi connectivity index (χ0n) is 17.5. The summed E-state index contributed by atoms with van der Waals surface area (Å²) in [7, 11) is 0. The fourth-order valence-corrected chi connectivity index (χ4v) is 5.76. The average Bonchev–Trinajstić information content (AvgIpc) is 3.57. The summed E-state index contributed by atoms with van der Waals surface area (Å²) in [5.74, 6) is 2.22. The van der Waals surface area contributed by atoms with Crippen molar-refractivity contribution in [1.29, 1.82) is 0 Å². The predicted molar refractivity (Wildman–Crippen MR) is 123 cm³/mol. The van der Waals surface area contributed by atoms with Gasteiger partial charge in [-0.3, -0.25) is 0 Å². The number of aromatic nitrogens is 5. The highest BCUT2D eigenvalue weighted by Crippen LogP contribution is 2.39. The van der Waals surface area contributed by atoms with Crippen molar-refractivity contribution in [2.24, 2.45) is 0 Å². The van der Waals surface area contributed by atoms with Gasteiger partial charge in [-0.1, -0.05) is 55.3 Å². The Morgan fingerprint density at radius 3 is 2.65 bits per heavy atom. The molecule has 6 nitrogen and oxygen atoms in total. The molecule has 8 heteroatoms. The molecule has 1 aliphatic carbocycles. The average molecular weight is 452 g/mol. The van der Waals surface area contributed by atoms with Crippen LogP contribution < -0.4 is 0 Å². The number of thiophene rings is 1. The second kappa shape index (κ2) is 9.36. The van der Waals surface area contributed by atoms with Crippen LogP contribution in [0.15, 0.2) is 57.4 Å². The minimum Gasteiger partial charge on any atom is -0.419 e. The second-order valence-corrected chi connectivity index (χ2v) is 10.2. The smallest absolute Gasteiger partial charge is 0.247 e. The standard InChI is InChI=1S/C23H25N5OS2/c1-16(21-25-26-22(29-21)17-9-4-2-5-10-17)31-23-27-24-20(15-19-13-8-14-30-19)28(23)18-11-6-3-7-12-18/h2,4-5,8-10,13-14,16,18H,3,6-7,11-12,15H2,1H3/t16-/m1/s1. The Kier molecular flexibility index (Phi) is 6.18. The predicted octanol–water partition coefficient (Wildman–Crippen LogP) is 6.34. The van der Waals surface area contributed by atoms with E-state index in [0.29, 0.717) is 17.8 Å². The Labute approximate surface area is 190 Å². The van der Waals surface area contributed by atoms with Gasteiger partial charge < -0.3 is 8.98 Å². The van der Waals surface area contributed by atoms with Gasteiger partial charge in [0, 0.05) is 22.9 Å². The lowest BCUT2D eigenvalue weighted by molar-refractivity contribution is 0.330. The summed E-state index contributed by atoms with van der Waals surface area (Å²) in [6.07, 6.45) is 7.07. The third-order valence-electron chi connectivity index (χ3n) is 5.68. The maximum Gasteiger partial charge on any atom is 0.247 e. The first-order valence-electron chi connectivity index (χ1n) is 10.8. The molecule has 3 aromatic heterocycles. The minimum absolute atomic E-state index is 0.00825. The molecule has 0 radical (unpaired) electrons. The van der Waals surface area contributed by atoms with Gasteiger partial charge in [0.15, 0.2) is 5.16 Å². The first kappa shape index (κ1) is 20.5. The minimum atomic E-state index is -0.00825. The fourth-order valence-electron chi connectivity index (χ4n) is 4.09. The molecule has 0 amide bonds. The third kappa shape index (κ3) is 4.60. The summed E-state index contributed by atoms with van der Waals surface area (Å²) in [6, 6.07) is 14.6. The van der Waals surface area contributed by atoms with E-state index in [-0.39, 0.29) is 5.25 Å². The van der Waals surface area contributed by atoms with E-state index in [9.17, 15) is 0 Å². The Morgan fingerprint density at radius 2 is 1.87 bits per heavy atom. The Balaban J connectivity index is 1.39. The van der Waals surface area contributed by atoms with E-state index in [1.165, 1.54) is 37.0 Å². The van der Waals surface area contributed by atoms with E-state index in [1.807, 2.05) is 30.3 Å². The molecule has 0 bridgehead atoms. The highest BCUT2D eigenvalue weighted by molar-refractivity contribution is 7.99. The lowest BCUT2D eigenvalue weighted by Gasteiger charge is -2.26. The van der Waals surface area contributed by atoms with Gasteiger partial charge in [0.25, 0.3) is 0 Å². The highest BCUT2D eigenvalue weighted by Gasteiger charge is 2.26. The maximum absolute atomic E-state index is 5.98. The summed E-state index contributed by atoms with van der Waals surface area (Å²) in [5.41, 5.74) is 0.932. The number of nitrogens with zero attached hydrogens (tertiary/aromatic N) is 5. The van der Waals surface area contributed by atoms with Crippen LogP contribution in [0.4, 0.5) is 0 Å². The third-order valence-corrected chi connectivity index (χ3v) is 7.60. The molecule has 0 unspecified atom stereocenters. The molecule has 5 rings (SSSR count). The second-order valence-electron chi connectivity index (χ2n) is 7.89. The quantitative estimate of drug-likeness (QED) is 0.305. The normalized spacial score (nSPS) is 15.9. The van der Waals surface area contributed by atoms with E-state index < -0.39 is 0 Å². The molecule has 31 heavy (non-hydrogen) atoms. The Hall–Kier alpha value is -2.45. The van der Waals surface area contributed by atoms with Gasteiger partial charge >= 0.3 is 0 Å². The molecule has 0 aliphatic heterocycles. The van der Waals surface area contributed by atoms with Crippen LogP contribution in [-0.4, -0.2) is 25.0 Å². The monoisotopic (exact) mass is 451 g/mol. The zero-order chi connectivity index (χ0) is 21.0. The number of thioether (sulfide) groups is 1. The molecule has 0 N–H and O–H groups in total. The van der Waals surface area contributed by atoms with E-state index in [1.54, 1.807) is 23.1 Å². The van der Waals surface area contributed by atoms with E-state index in [0.717, 1.165) is 23.0 Å². The molecular formula is C23H25N5OS2. The lowest BCUT2D eigenvalue weighted by Crippen LogP contribution is -2.17. The van der Waals surface area contributed by atoms with Crippen molar-refractivity contribution in [1.82, 2.24) is 25.0 Å². The van der Waals surface area contributed by atoms with Crippen molar-refractivity contribution in [3.05, 3.63) is 64.4 Å². The summed E-state index contributed by atoms with van der Waals surface area (Å²) >= 11 is 3.43. The molecule has 0 spiro atoms. The van der Waals surface area contributed by atoms with Crippen LogP contribution in [-0.2, 0) is 6.42 Å². The molecule has 1 atom stereocenters. The van der Waals surface area contributed by atoms with Crippen LogP contribution in [0.2, 0.25) is 0 Å². The van der Waals surface area contributed by atoms with Crippen LogP contribution in [0, 0.1) is 0 Å². The largest absolute Gasteiger partial charge is 0.419 e. The number of benzene rings is 1. The summed E-state index contributed by atoms with van der Waals surface area (Å²) < 4.78 is 8.37. The van der Waals surface area contributed by atoms with Gasteiger partial charge in [0.1, 0.15) is 5.82 Å². The number of hydrogen-bond acceptors (Lipinski definition) is 7. The first-order chi connectivity index (χ1) is 15.3. The zero-order valence-corrected chi connectivity index (χ0v) is 19.1. The van der Waals surface area contributed by atoms with E-state index in [4.69, 9.17) is 4.42 Å². The summed E-state index contributed by atoms with van der Waals surface area (Å²) in [5, 5.41) is 20.8. The van der Waals surface area contributed by atoms with E-state index >= 15 is 0 Å². The van der Waals surface area contributed by atoms with Gasteiger partial charge in [-0.2, -0.15) is 0 Å². The first-order valence-corrected chi connectivity index (χ1v) is 12.6. The van der Waals surface area contributed by atoms with Gasteiger partial charge in [-0.05, 0) is 43.3 Å². The van der Waals surface area contributed by atoms with E-state index in [2.05, 4.69) is 49.4 Å². The van der Waals surface area contributed by atoms with Crippen molar-refractivity contribution in [2.75, 3.05) is 0 Å². The van der Waals surface area contributed by atoms with Crippen LogP contribution in [0.3, 0.4) is 0 Å².